The van der Waals surface area contributed by atoms with Crippen molar-refractivity contribution in [3.8, 4) is 0 Å². The van der Waals surface area contributed by atoms with Crippen LogP contribution >= 0.6 is 0 Å². The lowest BCUT2D eigenvalue weighted by molar-refractivity contribution is -0.0715. The van der Waals surface area contributed by atoms with Gasteiger partial charge in [-0.15, -0.1) is 0 Å². The van der Waals surface area contributed by atoms with E-state index in [9.17, 15) is 5.11 Å². The lowest BCUT2D eigenvalue weighted by Gasteiger charge is -2.49. The SMILES string of the molecule is CCc1ccc(CC2C(O)C3CCN2CC3)cc1. The van der Waals surface area contributed by atoms with Crippen LogP contribution in [0.5, 0.6) is 0 Å². The highest BCUT2D eigenvalue weighted by Crippen LogP contribution is 2.33. The average molecular weight is 245 g/mol. The summed E-state index contributed by atoms with van der Waals surface area (Å²) in [5.74, 6) is 0.551. The molecule has 3 fully saturated rings. The molecule has 2 nitrogen and oxygen atoms in total. The third-order valence-corrected chi connectivity index (χ3v) is 4.80. The normalized spacial score (nSPS) is 34.8. The van der Waals surface area contributed by atoms with Crippen molar-refractivity contribution < 1.29 is 5.11 Å². The lowest BCUT2D eigenvalue weighted by Crippen LogP contribution is -2.58. The van der Waals surface area contributed by atoms with E-state index >= 15 is 0 Å². The number of hydrogen-bond acceptors (Lipinski definition) is 2. The third-order valence-electron chi connectivity index (χ3n) is 4.80. The van der Waals surface area contributed by atoms with Crippen molar-refractivity contribution in [1.29, 1.82) is 0 Å². The number of fused-ring (bicyclic) bond motifs is 3. The molecule has 2 heteroatoms. The molecule has 3 aliphatic heterocycles. The Kier molecular flexibility index (Phi) is 3.40. The Bertz CT molecular complexity index is 390. The van der Waals surface area contributed by atoms with E-state index in [1.165, 1.54) is 37.1 Å². The fourth-order valence-corrected chi connectivity index (χ4v) is 3.53. The van der Waals surface area contributed by atoms with Crippen LogP contribution in [-0.4, -0.2) is 35.2 Å². The summed E-state index contributed by atoms with van der Waals surface area (Å²) in [7, 11) is 0. The van der Waals surface area contributed by atoms with Crippen LogP contribution in [0.2, 0.25) is 0 Å². The number of benzene rings is 1. The smallest absolute Gasteiger partial charge is 0.0727 e. The van der Waals surface area contributed by atoms with E-state index in [0.29, 0.717) is 12.0 Å². The zero-order valence-electron chi connectivity index (χ0n) is 11.2. The molecule has 2 bridgehead atoms. The summed E-state index contributed by atoms with van der Waals surface area (Å²) in [4.78, 5) is 2.48. The first-order chi connectivity index (χ1) is 8.78. The van der Waals surface area contributed by atoms with Gasteiger partial charge in [0, 0.05) is 6.04 Å². The summed E-state index contributed by atoms with van der Waals surface area (Å²) in [6, 6.07) is 9.25. The molecule has 0 aromatic heterocycles. The second kappa shape index (κ2) is 5.02. The largest absolute Gasteiger partial charge is 0.391 e. The quantitative estimate of drug-likeness (QED) is 0.883. The van der Waals surface area contributed by atoms with Crippen molar-refractivity contribution in [2.75, 3.05) is 13.1 Å². The number of rotatable bonds is 3. The van der Waals surface area contributed by atoms with Crippen molar-refractivity contribution in [1.82, 2.24) is 4.90 Å². The first-order valence-electron chi connectivity index (χ1n) is 7.28. The molecule has 1 aromatic rings. The molecule has 2 atom stereocenters. The molecule has 1 aromatic carbocycles. The first kappa shape index (κ1) is 12.2. The van der Waals surface area contributed by atoms with Crippen LogP contribution in [0.15, 0.2) is 24.3 Å². The lowest BCUT2D eigenvalue weighted by atomic mass is 9.78. The van der Waals surface area contributed by atoms with Gasteiger partial charge in [0.05, 0.1) is 6.10 Å². The predicted molar refractivity (Wildman–Crippen MR) is 73.6 cm³/mol. The van der Waals surface area contributed by atoms with E-state index in [2.05, 4.69) is 36.1 Å². The van der Waals surface area contributed by atoms with Crippen LogP contribution in [0, 0.1) is 5.92 Å². The van der Waals surface area contributed by atoms with Crippen LogP contribution in [0.3, 0.4) is 0 Å². The Morgan fingerprint density at radius 1 is 1.11 bits per heavy atom. The van der Waals surface area contributed by atoms with Gasteiger partial charge in [-0.05, 0) is 55.8 Å². The second-order valence-corrected chi connectivity index (χ2v) is 5.81. The topological polar surface area (TPSA) is 23.5 Å². The molecule has 3 aliphatic rings. The second-order valence-electron chi connectivity index (χ2n) is 5.81. The number of nitrogens with zero attached hydrogens (tertiary/aromatic N) is 1. The fourth-order valence-electron chi connectivity index (χ4n) is 3.53. The van der Waals surface area contributed by atoms with Gasteiger partial charge in [0.15, 0.2) is 0 Å². The van der Waals surface area contributed by atoms with Crippen LogP contribution in [0.25, 0.3) is 0 Å². The van der Waals surface area contributed by atoms with E-state index in [1.54, 1.807) is 0 Å². The van der Waals surface area contributed by atoms with E-state index in [-0.39, 0.29) is 6.10 Å². The fraction of sp³-hybridized carbons (Fsp3) is 0.625. The molecule has 4 rings (SSSR count). The monoisotopic (exact) mass is 245 g/mol. The number of aliphatic hydroxyl groups is 1. The summed E-state index contributed by atoms with van der Waals surface area (Å²) in [5.41, 5.74) is 2.76. The number of aryl methyl sites for hydroxylation is 1. The standard InChI is InChI=1S/C16H23NO/c1-2-12-3-5-13(6-4-12)11-15-16(18)14-7-9-17(15)10-8-14/h3-6,14-16,18H,2,7-11H2,1H3. The van der Waals surface area contributed by atoms with Crippen LogP contribution in [0.1, 0.15) is 30.9 Å². The maximum atomic E-state index is 10.4. The average Bonchev–Trinajstić information content (AvgIpc) is 2.44. The molecule has 98 valence electrons. The molecule has 18 heavy (non-hydrogen) atoms. The molecule has 1 N–H and O–H groups in total. The number of aliphatic hydroxyl groups excluding tert-OH is 1. The minimum atomic E-state index is -0.113. The van der Waals surface area contributed by atoms with Crippen molar-refractivity contribution in [3.63, 3.8) is 0 Å². The van der Waals surface area contributed by atoms with E-state index < -0.39 is 0 Å². The Labute approximate surface area is 110 Å². The Balaban J connectivity index is 1.71. The van der Waals surface area contributed by atoms with Crippen molar-refractivity contribution in [2.24, 2.45) is 5.92 Å². The van der Waals surface area contributed by atoms with Crippen LogP contribution < -0.4 is 0 Å². The van der Waals surface area contributed by atoms with Gasteiger partial charge in [0.1, 0.15) is 0 Å². The van der Waals surface area contributed by atoms with Gasteiger partial charge in [-0.25, -0.2) is 0 Å². The summed E-state index contributed by atoms with van der Waals surface area (Å²) in [5, 5.41) is 10.4. The van der Waals surface area contributed by atoms with Gasteiger partial charge in [-0.2, -0.15) is 0 Å². The zero-order valence-corrected chi connectivity index (χ0v) is 11.2. The van der Waals surface area contributed by atoms with E-state index in [1.807, 2.05) is 0 Å². The van der Waals surface area contributed by atoms with Gasteiger partial charge >= 0.3 is 0 Å². The molecule has 0 saturated carbocycles. The van der Waals surface area contributed by atoms with Crippen molar-refractivity contribution >= 4 is 0 Å². The molecule has 2 unspecified atom stereocenters. The molecule has 0 radical (unpaired) electrons. The maximum absolute atomic E-state index is 10.4. The zero-order chi connectivity index (χ0) is 12.5. The van der Waals surface area contributed by atoms with Crippen molar-refractivity contribution in [3.05, 3.63) is 35.4 Å². The maximum Gasteiger partial charge on any atom is 0.0727 e. The molecule has 3 heterocycles. The third kappa shape index (κ3) is 2.19. The number of piperidine rings is 3. The Hall–Kier alpha value is -0.860. The van der Waals surface area contributed by atoms with E-state index in [0.717, 1.165) is 12.8 Å². The highest BCUT2D eigenvalue weighted by molar-refractivity contribution is 5.23. The van der Waals surface area contributed by atoms with Crippen LogP contribution in [-0.2, 0) is 12.8 Å². The molecule has 3 saturated heterocycles. The van der Waals surface area contributed by atoms with Gasteiger partial charge in [-0.1, -0.05) is 31.2 Å². The molecule has 0 amide bonds. The summed E-state index contributed by atoms with van der Waals surface area (Å²) in [6.07, 6.45) is 4.36. The van der Waals surface area contributed by atoms with E-state index in [4.69, 9.17) is 0 Å². The molecule has 0 aliphatic carbocycles. The summed E-state index contributed by atoms with van der Waals surface area (Å²) in [6.45, 7) is 4.55. The van der Waals surface area contributed by atoms with Gasteiger partial charge < -0.3 is 5.11 Å². The van der Waals surface area contributed by atoms with Crippen LogP contribution in [0.4, 0.5) is 0 Å². The Morgan fingerprint density at radius 2 is 1.72 bits per heavy atom. The first-order valence-corrected chi connectivity index (χ1v) is 7.28. The Morgan fingerprint density at radius 3 is 2.28 bits per heavy atom. The molecular weight excluding hydrogens is 222 g/mol. The highest BCUT2D eigenvalue weighted by atomic mass is 16.3. The summed E-state index contributed by atoms with van der Waals surface area (Å²) < 4.78 is 0. The van der Waals surface area contributed by atoms with Gasteiger partial charge in [-0.3, -0.25) is 4.90 Å². The molecular formula is C16H23NO. The van der Waals surface area contributed by atoms with Crippen molar-refractivity contribution in [2.45, 2.75) is 44.8 Å². The number of hydrogen-bond donors (Lipinski definition) is 1. The summed E-state index contributed by atoms with van der Waals surface area (Å²) >= 11 is 0. The highest BCUT2D eigenvalue weighted by Gasteiger charge is 2.40. The molecule has 0 spiro atoms. The minimum absolute atomic E-state index is 0.113. The van der Waals surface area contributed by atoms with Gasteiger partial charge in [0.2, 0.25) is 0 Å². The minimum Gasteiger partial charge on any atom is -0.391 e. The predicted octanol–water partition coefficient (Wildman–Crippen LogP) is 2.25. The van der Waals surface area contributed by atoms with Gasteiger partial charge in [0.25, 0.3) is 0 Å².